The third-order valence-corrected chi connectivity index (χ3v) is 6.38. The van der Waals surface area contributed by atoms with Crippen molar-refractivity contribution in [1.29, 1.82) is 0 Å². The number of amides is 1. The van der Waals surface area contributed by atoms with E-state index in [1.54, 1.807) is 4.90 Å². The van der Waals surface area contributed by atoms with Gasteiger partial charge >= 0.3 is 0 Å². The van der Waals surface area contributed by atoms with Crippen LogP contribution >= 0.6 is 0 Å². The molecule has 1 aliphatic rings. The molecule has 2 rings (SSSR count). The SMILES string of the molecule is CCN(CC1CCOC1)C(=O)CN(C)S(=O)(=O)c1ccc(C(C)=O)cc1. The molecule has 1 aromatic carbocycles. The Labute approximate surface area is 155 Å². The number of carbonyl (C=O) groups excluding carboxylic acids is 2. The van der Waals surface area contributed by atoms with E-state index in [4.69, 9.17) is 4.74 Å². The summed E-state index contributed by atoms with van der Waals surface area (Å²) in [6, 6.07) is 5.73. The summed E-state index contributed by atoms with van der Waals surface area (Å²) in [5.74, 6) is -0.0577. The topological polar surface area (TPSA) is 84.0 Å². The van der Waals surface area contributed by atoms with Crippen molar-refractivity contribution in [2.24, 2.45) is 5.92 Å². The first-order chi connectivity index (χ1) is 12.3. The number of nitrogens with zero attached hydrogens (tertiary/aromatic N) is 2. The lowest BCUT2D eigenvalue weighted by Gasteiger charge is -2.26. The van der Waals surface area contributed by atoms with Crippen molar-refractivity contribution in [3.8, 4) is 0 Å². The van der Waals surface area contributed by atoms with Gasteiger partial charge in [0.2, 0.25) is 15.9 Å². The van der Waals surface area contributed by atoms with Gasteiger partial charge in [-0.05, 0) is 32.4 Å². The first-order valence-corrected chi connectivity index (χ1v) is 10.1. The summed E-state index contributed by atoms with van der Waals surface area (Å²) in [6.07, 6.45) is 0.917. The Kier molecular flexibility index (Phi) is 6.91. The molecule has 1 unspecified atom stereocenters. The second-order valence-corrected chi connectivity index (χ2v) is 8.55. The van der Waals surface area contributed by atoms with Crippen LogP contribution < -0.4 is 0 Å². The summed E-state index contributed by atoms with van der Waals surface area (Å²) in [4.78, 5) is 25.6. The summed E-state index contributed by atoms with van der Waals surface area (Å²) in [6.45, 7) is 5.53. The molecular weight excluding hydrogens is 356 g/mol. The van der Waals surface area contributed by atoms with Gasteiger partial charge in [0.1, 0.15) is 0 Å². The Bertz CT molecular complexity index is 739. The molecule has 1 aromatic rings. The zero-order valence-electron chi connectivity index (χ0n) is 15.5. The Hall–Kier alpha value is -1.77. The zero-order valence-corrected chi connectivity index (χ0v) is 16.3. The maximum Gasteiger partial charge on any atom is 0.243 e. The van der Waals surface area contributed by atoms with Crippen LogP contribution in [-0.2, 0) is 19.6 Å². The molecule has 26 heavy (non-hydrogen) atoms. The fourth-order valence-corrected chi connectivity index (χ4v) is 3.98. The lowest BCUT2D eigenvalue weighted by Crippen LogP contribution is -2.43. The maximum atomic E-state index is 12.7. The number of likely N-dealkylation sites (N-methyl/N-ethyl adjacent to an activating group) is 2. The number of ether oxygens (including phenoxy) is 1. The third kappa shape index (κ3) is 4.90. The highest BCUT2D eigenvalue weighted by Crippen LogP contribution is 2.17. The molecule has 0 aliphatic carbocycles. The number of Topliss-reactive ketones (excluding diaryl/α,β-unsaturated/α-hetero) is 1. The van der Waals surface area contributed by atoms with Crippen LogP contribution in [0.5, 0.6) is 0 Å². The van der Waals surface area contributed by atoms with Gasteiger partial charge in [0.15, 0.2) is 5.78 Å². The van der Waals surface area contributed by atoms with Gasteiger partial charge in [-0.25, -0.2) is 8.42 Å². The van der Waals surface area contributed by atoms with E-state index in [0.717, 1.165) is 10.7 Å². The van der Waals surface area contributed by atoms with Crippen LogP contribution in [0.25, 0.3) is 0 Å². The minimum Gasteiger partial charge on any atom is -0.381 e. The fraction of sp³-hybridized carbons (Fsp3) is 0.556. The smallest absolute Gasteiger partial charge is 0.243 e. The number of hydrogen-bond donors (Lipinski definition) is 0. The number of ketones is 1. The molecule has 1 saturated heterocycles. The number of carbonyl (C=O) groups is 2. The number of sulfonamides is 1. The Balaban J connectivity index is 2.04. The van der Waals surface area contributed by atoms with E-state index < -0.39 is 10.0 Å². The molecule has 0 saturated carbocycles. The number of rotatable bonds is 8. The fourth-order valence-electron chi connectivity index (χ4n) is 2.86. The van der Waals surface area contributed by atoms with Gasteiger partial charge in [-0.1, -0.05) is 12.1 Å². The van der Waals surface area contributed by atoms with Gasteiger partial charge in [0, 0.05) is 38.2 Å². The van der Waals surface area contributed by atoms with Crippen molar-refractivity contribution in [1.82, 2.24) is 9.21 Å². The van der Waals surface area contributed by atoms with E-state index in [0.29, 0.717) is 37.8 Å². The number of hydrogen-bond acceptors (Lipinski definition) is 5. The first kappa shape index (κ1) is 20.5. The summed E-state index contributed by atoms with van der Waals surface area (Å²) < 4.78 is 31.7. The van der Waals surface area contributed by atoms with E-state index >= 15 is 0 Å². The average molecular weight is 382 g/mol. The van der Waals surface area contributed by atoms with Crippen LogP contribution in [0, 0.1) is 5.92 Å². The second-order valence-electron chi connectivity index (χ2n) is 6.50. The van der Waals surface area contributed by atoms with E-state index in [9.17, 15) is 18.0 Å². The van der Waals surface area contributed by atoms with E-state index in [2.05, 4.69) is 0 Å². The normalized spacial score (nSPS) is 17.5. The standard InChI is InChI=1S/C18H26N2O5S/c1-4-20(11-15-9-10-25-13-15)18(22)12-19(3)26(23,24)17-7-5-16(6-8-17)14(2)21/h5-8,15H,4,9-13H2,1-3H3. The van der Waals surface area contributed by atoms with Crippen molar-refractivity contribution in [2.45, 2.75) is 25.2 Å². The Morgan fingerprint density at radius 3 is 2.38 bits per heavy atom. The van der Waals surface area contributed by atoms with E-state index in [1.807, 2.05) is 6.92 Å². The molecule has 7 nitrogen and oxygen atoms in total. The predicted molar refractivity (Wildman–Crippen MR) is 97.4 cm³/mol. The summed E-state index contributed by atoms with van der Waals surface area (Å²) in [7, 11) is -2.41. The van der Waals surface area contributed by atoms with E-state index in [-0.39, 0.29) is 23.1 Å². The van der Waals surface area contributed by atoms with Crippen molar-refractivity contribution in [2.75, 3.05) is 39.9 Å². The van der Waals surface area contributed by atoms with Crippen LogP contribution in [0.2, 0.25) is 0 Å². The molecular formula is C18H26N2O5S. The van der Waals surface area contributed by atoms with E-state index in [1.165, 1.54) is 38.2 Å². The van der Waals surface area contributed by atoms with Gasteiger partial charge in [-0.15, -0.1) is 0 Å². The molecule has 0 radical (unpaired) electrons. The van der Waals surface area contributed by atoms with Crippen LogP contribution in [0.4, 0.5) is 0 Å². The minimum absolute atomic E-state index is 0.0602. The van der Waals surface area contributed by atoms with Crippen LogP contribution in [0.1, 0.15) is 30.6 Å². The average Bonchev–Trinajstić information content (AvgIpc) is 3.12. The van der Waals surface area contributed by atoms with Crippen molar-refractivity contribution >= 4 is 21.7 Å². The minimum atomic E-state index is -3.80. The number of benzene rings is 1. The Morgan fingerprint density at radius 1 is 1.23 bits per heavy atom. The lowest BCUT2D eigenvalue weighted by molar-refractivity contribution is -0.131. The van der Waals surface area contributed by atoms with Crippen LogP contribution in [-0.4, -0.2) is 69.2 Å². The molecule has 0 aromatic heterocycles. The lowest BCUT2D eigenvalue weighted by atomic mass is 10.1. The third-order valence-electron chi connectivity index (χ3n) is 4.56. The molecule has 1 amide bonds. The maximum absolute atomic E-state index is 12.7. The highest BCUT2D eigenvalue weighted by atomic mass is 32.2. The quantitative estimate of drug-likeness (QED) is 0.635. The van der Waals surface area contributed by atoms with Crippen molar-refractivity contribution in [3.05, 3.63) is 29.8 Å². The monoisotopic (exact) mass is 382 g/mol. The van der Waals surface area contributed by atoms with Gasteiger partial charge in [0.05, 0.1) is 18.0 Å². The molecule has 1 fully saturated rings. The summed E-state index contributed by atoms with van der Waals surface area (Å²) in [5.41, 5.74) is 0.443. The molecule has 0 spiro atoms. The Morgan fingerprint density at radius 2 is 1.88 bits per heavy atom. The van der Waals surface area contributed by atoms with Crippen molar-refractivity contribution < 1.29 is 22.7 Å². The second kappa shape index (κ2) is 8.75. The highest BCUT2D eigenvalue weighted by molar-refractivity contribution is 7.89. The van der Waals surface area contributed by atoms with Gasteiger partial charge in [-0.3, -0.25) is 9.59 Å². The van der Waals surface area contributed by atoms with Gasteiger partial charge < -0.3 is 9.64 Å². The zero-order chi connectivity index (χ0) is 19.3. The molecule has 1 atom stereocenters. The predicted octanol–water partition coefficient (Wildman–Crippen LogP) is 1.39. The molecule has 144 valence electrons. The molecule has 1 aliphatic heterocycles. The van der Waals surface area contributed by atoms with Crippen LogP contribution in [0.15, 0.2) is 29.2 Å². The first-order valence-electron chi connectivity index (χ1n) is 8.68. The van der Waals surface area contributed by atoms with Gasteiger partial charge in [0.25, 0.3) is 0 Å². The van der Waals surface area contributed by atoms with Crippen molar-refractivity contribution in [3.63, 3.8) is 0 Å². The molecule has 0 N–H and O–H groups in total. The van der Waals surface area contributed by atoms with Crippen LogP contribution in [0.3, 0.4) is 0 Å². The largest absolute Gasteiger partial charge is 0.381 e. The highest BCUT2D eigenvalue weighted by Gasteiger charge is 2.27. The summed E-state index contributed by atoms with van der Waals surface area (Å²) in [5, 5.41) is 0. The summed E-state index contributed by atoms with van der Waals surface area (Å²) >= 11 is 0. The molecule has 8 heteroatoms. The molecule has 0 bridgehead atoms. The molecule has 1 heterocycles. The van der Waals surface area contributed by atoms with Gasteiger partial charge in [-0.2, -0.15) is 4.31 Å².